The fourth-order valence-electron chi connectivity index (χ4n) is 3.85. The van der Waals surface area contributed by atoms with Gasteiger partial charge in [0.25, 0.3) is 0 Å². The quantitative estimate of drug-likeness (QED) is 0.752. The number of aryl methyl sites for hydroxylation is 2. The van der Waals surface area contributed by atoms with Crippen LogP contribution in [0.5, 0.6) is 5.75 Å². The highest BCUT2D eigenvalue weighted by atomic mass is 16.3. The van der Waals surface area contributed by atoms with Gasteiger partial charge in [-0.1, -0.05) is 18.2 Å². The van der Waals surface area contributed by atoms with Gasteiger partial charge in [-0.25, -0.2) is 4.98 Å². The van der Waals surface area contributed by atoms with Gasteiger partial charge in [0.05, 0.1) is 17.6 Å². The second-order valence-corrected chi connectivity index (χ2v) is 7.23. The smallest absolute Gasteiger partial charge is 0.121 e. The van der Waals surface area contributed by atoms with Crippen molar-refractivity contribution in [1.82, 2.24) is 14.9 Å². The maximum absolute atomic E-state index is 9.68. The lowest BCUT2D eigenvalue weighted by molar-refractivity contribution is 0.201. The molecule has 0 unspecified atom stereocenters. The molecule has 4 nitrogen and oxygen atoms in total. The van der Waals surface area contributed by atoms with Gasteiger partial charge in [-0.05, 0) is 80.6 Å². The summed E-state index contributed by atoms with van der Waals surface area (Å²) in [4.78, 5) is 10.8. The number of phenolic OH excluding ortho intramolecular Hbond substituents is 1. The number of hydrogen-bond donors (Lipinski definition) is 2. The molecule has 1 saturated heterocycles. The van der Waals surface area contributed by atoms with Crippen molar-refractivity contribution < 1.29 is 5.11 Å². The minimum Gasteiger partial charge on any atom is -0.508 e. The zero-order valence-corrected chi connectivity index (χ0v) is 14.9. The molecule has 0 saturated carbocycles. The topological polar surface area (TPSA) is 52.2 Å². The number of hydrogen-bond acceptors (Lipinski definition) is 3. The number of aromatic hydroxyl groups is 1. The first-order chi connectivity index (χ1) is 12.1. The first-order valence-electron chi connectivity index (χ1n) is 9.06. The number of rotatable bonds is 3. The Hall–Kier alpha value is -2.33. The summed E-state index contributed by atoms with van der Waals surface area (Å²) in [7, 11) is 0. The van der Waals surface area contributed by atoms with Gasteiger partial charge >= 0.3 is 0 Å². The number of piperidine rings is 1. The molecule has 1 aliphatic heterocycles. The molecule has 0 radical (unpaired) electrons. The van der Waals surface area contributed by atoms with Gasteiger partial charge in [-0.3, -0.25) is 4.90 Å². The Labute approximate surface area is 148 Å². The van der Waals surface area contributed by atoms with Crippen LogP contribution in [0.2, 0.25) is 0 Å². The molecule has 25 heavy (non-hydrogen) atoms. The summed E-state index contributed by atoms with van der Waals surface area (Å²) < 4.78 is 0. The average Bonchev–Trinajstić information content (AvgIpc) is 3.02. The van der Waals surface area contributed by atoms with E-state index in [2.05, 4.69) is 41.9 Å². The zero-order chi connectivity index (χ0) is 17.4. The van der Waals surface area contributed by atoms with Crippen LogP contribution in [-0.4, -0.2) is 33.1 Å². The molecule has 0 bridgehead atoms. The number of aromatic amines is 1. The van der Waals surface area contributed by atoms with Crippen LogP contribution in [0.3, 0.4) is 0 Å². The molecule has 4 heteroatoms. The van der Waals surface area contributed by atoms with E-state index in [4.69, 9.17) is 4.98 Å². The predicted molar refractivity (Wildman–Crippen MR) is 101 cm³/mol. The standard InChI is InChI=1S/C21H25N3O/c1-14-6-7-19-21(15(14)2)23-20(22-19)13-24-10-8-16(9-11-24)17-4-3-5-18(25)12-17/h3-7,12,16,25H,8-11,13H2,1-2H3,(H,22,23). The van der Waals surface area contributed by atoms with Gasteiger partial charge in [0.1, 0.15) is 11.6 Å². The molecule has 2 heterocycles. The van der Waals surface area contributed by atoms with Crippen molar-refractivity contribution in [2.24, 2.45) is 0 Å². The van der Waals surface area contributed by atoms with Crippen molar-refractivity contribution in [2.45, 2.75) is 39.2 Å². The molecular weight excluding hydrogens is 310 g/mol. The molecular formula is C21H25N3O. The number of imidazole rings is 1. The predicted octanol–water partition coefficient (Wildman–Crippen LogP) is 4.26. The molecule has 1 aromatic heterocycles. The minimum absolute atomic E-state index is 0.368. The van der Waals surface area contributed by atoms with Crippen LogP contribution in [0.1, 0.15) is 41.3 Å². The fraction of sp³-hybridized carbons (Fsp3) is 0.381. The summed E-state index contributed by atoms with van der Waals surface area (Å²) in [6, 6.07) is 12.0. The van der Waals surface area contributed by atoms with Crippen LogP contribution in [0.4, 0.5) is 0 Å². The summed E-state index contributed by atoms with van der Waals surface area (Å²) in [5.74, 6) is 1.97. The number of fused-ring (bicyclic) bond motifs is 1. The van der Waals surface area contributed by atoms with Crippen molar-refractivity contribution >= 4 is 11.0 Å². The Morgan fingerprint density at radius 2 is 1.96 bits per heavy atom. The van der Waals surface area contributed by atoms with Crippen LogP contribution in [0, 0.1) is 13.8 Å². The number of benzene rings is 2. The summed E-state index contributed by atoms with van der Waals surface area (Å²) >= 11 is 0. The maximum atomic E-state index is 9.68. The molecule has 0 spiro atoms. The van der Waals surface area contributed by atoms with Gasteiger partial charge in [0, 0.05) is 0 Å². The van der Waals surface area contributed by atoms with E-state index in [9.17, 15) is 5.11 Å². The Kier molecular flexibility index (Phi) is 4.22. The van der Waals surface area contributed by atoms with Crippen LogP contribution < -0.4 is 0 Å². The van der Waals surface area contributed by atoms with Crippen LogP contribution in [0.15, 0.2) is 36.4 Å². The van der Waals surface area contributed by atoms with E-state index in [1.807, 2.05) is 12.1 Å². The average molecular weight is 335 g/mol. The second kappa shape index (κ2) is 6.52. The third-order valence-electron chi connectivity index (χ3n) is 5.53. The van der Waals surface area contributed by atoms with E-state index in [1.54, 1.807) is 6.07 Å². The Morgan fingerprint density at radius 1 is 1.16 bits per heavy atom. The molecule has 0 aliphatic carbocycles. The first kappa shape index (κ1) is 16.2. The molecule has 0 amide bonds. The SMILES string of the molecule is Cc1ccc2[nH]c(CN3CCC(c4cccc(O)c4)CC3)nc2c1C. The van der Waals surface area contributed by atoms with Gasteiger partial charge in [-0.2, -0.15) is 0 Å². The summed E-state index contributed by atoms with van der Waals surface area (Å²) in [6.45, 7) is 7.28. The van der Waals surface area contributed by atoms with E-state index in [0.29, 0.717) is 11.7 Å². The number of aromatic nitrogens is 2. The maximum Gasteiger partial charge on any atom is 0.121 e. The van der Waals surface area contributed by atoms with Crippen molar-refractivity contribution in [3.63, 3.8) is 0 Å². The molecule has 0 atom stereocenters. The van der Waals surface area contributed by atoms with Crippen molar-refractivity contribution in [1.29, 1.82) is 0 Å². The van der Waals surface area contributed by atoms with Crippen LogP contribution in [0.25, 0.3) is 11.0 Å². The highest BCUT2D eigenvalue weighted by molar-refractivity contribution is 5.79. The molecule has 2 N–H and O–H groups in total. The second-order valence-electron chi connectivity index (χ2n) is 7.23. The van der Waals surface area contributed by atoms with Gasteiger partial charge < -0.3 is 10.1 Å². The van der Waals surface area contributed by atoms with Crippen LogP contribution >= 0.6 is 0 Å². The first-order valence-corrected chi connectivity index (χ1v) is 9.06. The zero-order valence-electron chi connectivity index (χ0n) is 14.9. The van der Waals surface area contributed by atoms with Gasteiger partial charge in [-0.15, -0.1) is 0 Å². The third-order valence-corrected chi connectivity index (χ3v) is 5.53. The third kappa shape index (κ3) is 3.27. The number of H-pyrrole nitrogens is 1. The van der Waals surface area contributed by atoms with Crippen molar-refractivity contribution in [3.05, 3.63) is 58.9 Å². The van der Waals surface area contributed by atoms with E-state index >= 15 is 0 Å². The lowest BCUT2D eigenvalue weighted by Gasteiger charge is -2.31. The largest absolute Gasteiger partial charge is 0.508 e. The van der Waals surface area contributed by atoms with E-state index < -0.39 is 0 Å². The Bertz CT molecular complexity index is 891. The van der Waals surface area contributed by atoms with E-state index in [0.717, 1.165) is 49.3 Å². The highest BCUT2D eigenvalue weighted by Crippen LogP contribution is 2.30. The molecule has 1 fully saturated rings. The molecule has 2 aromatic carbocycles. The summed E-state index contributed by atoms with van der Waals surface area (Å²) in [6.07, 6.45) is 2.25. The Morgan fingerprint density at radius 3 is 2.72 bits per heavy atom. The normalized spacial score (nSPS) is 16.6. The van der Waals surface area contributed by atoms with Crippen molar-refractivity contribution in [2.75, 3.05) is 13.1 Å². The lowest BCUT2D eigenvalue weighted by Crippen LogP contribution is -2.32. The number of phenols is 1. The molecule has 1 aliphatic rings. The number of nitrogens with one attached hydrogen (secondary N) is 1. The van der Waals surface area contributed by atoms with E-state index in [-0.39, 0.29) is 0 Å². The number of likely N-dealkylation sites (tertiary alicyclic amines) is 1. The highest BCUT2D eigenvalue weighted by Gasteiger charge is 2.21. The van der Waals surface area contributed by atoms with Crippen LogP contribution in [-0.2, 0) is 6.54 Å². The fourth-order valence-corrected chi connectivity index (χ4v) is 3.85. The Balaban J connectivity index is 1.43. The summed E-state index contributed by atoms with van der Waals surface area (Å²) in [5.41, 5.74) is 6.05. The van der Waals surface area contributed by atoms with Gasteiger partial charge in [0.15, 0.2) is 0 Å². The molecule has 3 aromatic rings. The summed E-state index contributed by atoms with van der Waals surface area (Å²) in [5, 5.41) is 9.68. The van der Waals surface area contributed by atoms with Crippen molar-refractivity contribution in [3.8, 4) is 5.75 Å². The van der Waals surface area contributed by atoms with Gasteiger partial charge in [0.2, 0.25) is 0 Å². The minimum atomic E-state index is 0.368. The lowest BCUT2D eigenvalue weighted by atomic mass is 9.89. The molecule has 4 rings (SSSR count). The monoisotopic (exact) mass is 335 g/mol. The molecule has 130 valence electrons. The number of nitrogens with zero attached hydrogens (tertiary/aromatic N) is 2. The van der Waals surface area contributed by atoms with E-state index in [1.165, 1.54) is 16.7 Å².